The molecule has 1 aromatic carbocycles. The Balaban J connectivity index is 2.68. The molecule has 0 unspecified atom stereocenters. The summed E-state index contributed by atoms with van der Waals surface area (Å²) in [5, 5.41) is 0. The fourth-order valence-electron chi connectivity index (χ4n) is 1.98. The zero-order chi connectivity index (χ0) is 15.9. The van der Waals surface area contributed by atoms with Crippen LogP contribution in [0.1, 0.15) is 31.4 Å². The minimum atomic E-state index is -4.33. The molecule has 0 amide bonds. The predicted octanol–water partition coefficient (Wildman–Crippen LogP) is 3.48. The van der Waals surface area contributed by atoms with Crippen molar-refractivity contribution in [3.05, 3.63) is 35.4 Å². The lowest BCUT2D eigenvalue weighted by molar-refractivity contribution is -0.144. The van der Waals surface area contributed by atoms with E-state index in [1.54, 1.807) is 6.92 Å². The second-order valence-corrected chi connectivity index (χ2v) is 4.71. The van der Waals surface area contributed by atoms with Crippen molar-refractivity contribution in [2.75, 3.05) is 19.7 Å². The summed E-state index contributed by atoms with van der Waals surface area (Å²) in [7, 11) is 0. The highest BCUT2D eigenvalue weighted by Gasteiger charge is 2.29. The van der Waals surface area contributed by atoms with Crippen molar-refractivity contribution >= 4 is 5.97 Å². The predicted molar refractivity (Wildman–Crippen MR) is 73.6 cm³/mol. The molecule has 1 aromatic rings. The molecule has 1 rings (SSSR count). The number of hydrogen-bond donors (Lipinski definition) is 0. The van der Waals surface area contributed by atoms with E-state index in [4.69, 9.17) is 4.74 Å². The molecule has 0 radical (unpaired) electrons. The van der Waals surface area contributed by atoms with Crippen LogP contribution in [0.4, 0.5) is 13.2 Å². The van der Waals surface area contributed by atoms with Crippen LogP contribution in [0, 0.1) is 0 Å². The Morgan fingerprint density at radius 2 is 1.81 bits per heavy atom. The van der Waals surface area contributed by atoms with Gasteiger partial charge in [0.1, 0.15) is 0 Å². The maximum atomic E-state index is 12.5. The third kappa shape index (κ3) is 6.16. The summed E-state index contributed by atoms with van der Waals surface area (Å²) in [5.74, 6) is -0.321. The van der Waals surface area contributed by atoms with Crippen LogP contribution in [-0.4, -0.2) is 30.6 Å². The first-order chi connectivity index (χ1) is 9.86. The van der Waals surface area contributed by atoms with Crippen LogP contribution < -0.4 is 0 Å². The Kier molecular flexibility index (Phi) is 6.68. The molecule has 0 aliphatic heterocycles. The smallest absolute Gasteiger partial charge is 0.416 e. The highest BCUT2D eigenvalue weighted by atomic mass is 19.4. The summed E-state index contributed by atoms with van der Waals surface area (Å²) >= 11 is 0. The minimum absolute atomic E-state index is 0.142. The molecule has 0 aliphatic rings. The minimum Gasteiger partial charge on any atom is -0.465 e. The van der Waals surface area contributed by atoms with E-state index in [9.17, 15) is 18.0 Å². The molecule has 6 heteroatoms. The van der Waals surface area contributed by atoms with E-state index < -0.39 is 11.7 Å². The summed E-state index contributed by atoms with van der Waals surface area (Å²) in [6.45, 7) is 5.27. The number of carbonyl (C=O) groups excluding carboxylic acids is 1. The second-order valence-electron chi connectivity index (χ2n) is 4.71. The zero-order valence-corrected chi connectivity index (χ0v) is 12.2. The van der Waals surface area contributed by atoms with E-state index in [1.165, 1.54) is 12.1 Å². The van der Waals surface area contributed by atoms with E-state index >= 15 is 0 Å². The Bertz CT molecular complexity index is 443. The Morgan fingerprint density at radius 3 is 2.29 bits per heavy atom. The lowest BCUT2D eigenvalue weighted by atomic mass is 10.1. The van der Waals surface area contributed by atoms with Gasteiger partial charge in [-0.15, -0.1) is 0 Å². The second kappa shape index (κ2) is 8.02. The maximum Gasteiger partial charge on any atom is 0.416 e. The number of alkyl halides is 3. The maximum absolute atomic E-state index is 12.5. The van der Waals surface area contributed by atoms with Crippen molar-refractivity contribution < 1.29 is 22.7 Å². The van der Waals surface area contributed by atoms with Gasteiger partial charge in [-0.2, -0.15) is 13.2 Å². The molecule has 0 aromatic heterocycles. The number of esters is 1. The lowest BCUT2D eigenvalue weighted by Gasteiger charge is -2.20. The summed E-state index contributed by atoms with van der Waals surface area (Å²) in [5.41, 5.74) is 0.0689. The van der Waals surface area contributed by atoms with Gasteiger partial charge in [-0.1, -0.05) is 19.1 Å². The van der Waals surface area contributed by atoms with Gasteiger partial charge in [-0.25, -0.2) is 0 Å². The van der Waals surface area contributed by atoms with Crippen LogP contribution in [0.25, 0.3) is 0 Å². The van der Waals surface area contributed by atoms with Gasteiger partial charge in [-0.3, -0.25) is 9.69 Å². The van der Waals surface area contributed by atoms with Crippen molar-refractivity contribution in [1.29, 1.82) is 0 Å². The van der Waals surface area contributed by atoms with Gasteiger partial charge in [0, 0.05) is 6.54 Å². The van der Waals surface area contributed by atoms with E-state index in [0.29, 0.717) is 19.7 Å². The molecule has 0 saturated heterocycles. The summed E-state index contributed by atoms with van der Waals surface area (Å²) < 4.78 is 42.4. The van der Waals surface area contributed by atoms with Crippen molar-refractivity contribution in [3.8, 4) is 0 Å². The average Bonchev–Trinajstić information content (AvgIpc) is 2.38. The van der Waals surface area contributed by atoms with Gasteiger partial charge >= 0.3 is 12.1 Å². The van der Waals surface area contributed by atoms with Crippen LogP contribution in [0.2, 0.25) is 0 Å². The fraction of sp³-hybridized carbons (Fsp3) is 0.533. The Labute approximate surface area is 122 Å². The van der Waals surface area contributed by atoms with Gasteiger partial charge in [0.05, 0.1) is 18.7 Å². The molecule has 0 N–H and O–H groups in total. The first-order valence-corrected chi connectivity index (χ1v) is 6.91. The van der Waals surface area contributed by atoms with Crippen molar-refractivity contribution in [2.45, 2.75) is 33.0 Å². The Hall–Kier alpha value is -1.56. The highest BCUT2D eigenvalue weighted by Crippen LogP contribution is 2.29. The molecule has 21 heavy (non-hydrogen) atoms. The van der Waals surface area contributed by atoms with Crippen LogP contribution in [0.3, 0.4) is 0 Å². The largest absolute Gasteiger partial charge is 0.465 e. The molecule has 0 spiro atoms. The summed E-state index contributed by atoms with van der Waals surface area (Å²) in [6.07, 6.45) is -3.48. The number of benzene rings is 1. The monoisotopic (exact) mass is 303 g/mol. The topological polar surface area (TPSA) is 29.5 Å². The number of rotatable bonds is 7. The molecule has 118 valence electrons. The molecule has 0 saturated carbocycles. The van der Waals surface area contributed by atoms with Crippen LogP contribution in [0.5, 0.6) is 0 Å². The van der Waals surface area contributed by atoms with E-state index in [2.05, 4.69) is 0 Å². The lowest BCUT2D eigenvalue weighted by Crippen LogP contribution is -2.31. The van der Waals surface area contributed by atoms with E-state index in [1.807, 2.05) is 11.8 Å². The summed E-state index contributed by atoms with van der Waals surface area (Å²) in [6, 6.07) is 5.00. The average molecular weight is 303 g/mol. The molecular weight excluding hydrogens is 283 g/mol. The van der Waals surface area contributed by atoms with Gasteiger partial charge in [-0.05, 0) is 37.6 Å². The summed E-state index contributed by atoms with van der Waals surface area (Å²) in [4.78, 5) is 13.4. The molecule has 0 atom stereocenters. The number of carbonyl (C=O) groups is 1. The number of halogens is 3. The van der Waals surface area contributed by atoms with Crippen LogP contribution in [-0.2, 0) is 22.3 Å². The van der Waals surface area contributed by atoms with Gasteiger partial charge in [0.2, 0.25) is 0 Å². The standard InChI is InChI=1S/C15H20F3NO2/c1-3-9-19(11-14(20)21-4-2)10-12-5-7-13(8-6-12)15(16,17)18/h5-8H,3-4,9-11H2,1-2H3. The van der Waals surface area contributed by atoms with Gasteiger partial charge < -0.3 is 4.74 Å². The van der Waals surface area contributed by atoms with Gasteiger partial charge in [0.15, 0.2) is 0 Å². The fourth-order valence-corrected chi connectivity index (χ4v) is 1.98. The first-order valence-electron chi connectivity index (χ1n) is 6.91. The third-order valence-corrected chi connectivity index (χ3v) is 2.89. The molecule has 0 bridgehead atoms. The van der Waals surface area contributed by atoms with Crippen LogP contribution >= 0.6 is 0 Å². The third-order valence-electron chi connectivity index (χ3n) is 2.89. The van der Waals surface area contributed by atoms with Crippen molar-refractivity contribution in [3.63, 3.8) is 0 Å². The molecule has 0 aliphatic carbocycles. The van der Waals surface area contributed by atoms with Crippen LogP contribution in [0.15, 0.2) is 24.3 Å². The van der Waals surface area contributed by atoms with Crippen molar-refractivity contribution in [2.24, 2.45) is 0 Å². The van der Waals surface area contributed by atoms with Crippen molar-refractivity contribution in [1.82, 2.24) is 4.90 Å². The normalized spacial score (nSPS) is 11.7. The number of ether oxygens (including phenoxy) is 1. The molecule has 0 fully saturated rings. The van der Waals surface area contributed by atoms with E-state index in [-0.39, 0.29) is 12.5 Å². The Morgan fingerprint density at radius 1 is 1.19 bits per heavy atom. The number of hydrogen-bond acceptors (Lipinski definition) is 3. The number of nitrogens with zero attached hydrogens (tertiary/aromatic N) is 1. The molecule has 0 heterocycles. The highest BCUT2D eigenvalue weighted by molar-refractivity contribution is 5.71. The molecule has 3 nitrogen and oxygen atoms in total. The van der Waals surface area contributed by atoms with E-state index in [0.717, 1.165) is 24.1 Å². The SMILES string of the molecule is CCCN(CC(=O)OCC)Cc1ccc(C(F)(F)F)cc1. The van der Waals surface area contributed by atoms with Gasteiger partial charge in [0.25, 0.3) is 0 Å². The first kappa shape index (κ1) is 17.5. The zero-order valence-electron chi connectivity index (χ0n) is 12.2. The molecular formula is C15H20F3NO2. The quantitative estimate of drug-likeness (QED) is 0.722.